The summed E-state index contributed by atoms with van der Waals surface area (Å²) in [4.78, 5) is 4.20. The molecule has 4 nitrogen and oxygen atoms in total. The normalized spacial score (nSPS) is 24.9. The van der Waals surface area contributed by atoms with Crippen LogP contribution in [0.4, 0.5) is 0 Å². The van der Waals surface area contributed by atoms with Crippen LogP contribution in [0, 0.1) is 0 Å². The molecule has 4 heteroatoms. The van der Waals surface area contributed by atoms with E-state index in [-0.39, 0.29) is 6.10 Å². The van der Waals surface area contributed by atoms with Crippen molar-refractivity contribution in [2.24, 2.45) is 5.73 Å². The van der Waals surface area contributed by atoms with Crippen molar-refractivity contribution in [3.05, 3.63) is 24.0 Å². The highest BCUT2D eigenvalue weighted by Gasteiger charge is 2.31. The maximum absolute atomic E-state index is 6.36. The molecule has 0 radical (unpaired) electrons. The summed E-state index contributed by atoms with van der Waals surface area (Å²) in [6.07, 6.45) is 5.59. The van der Waals surface area contributed by atoms with Gasteiger partial charge in [-0.05, 0) is 38.3 Å². The molecule has 0 saturated carbocycles. The first-order chi connectivity index (χ1) is 8.10. The summed E-state index contributed by atoms with van der Waals surface area (Å²) >= 11 is 0. The molecule has 0 aromatic carbocycles. The summed E-state index contributed by atoms with van der Waals surface area (Å²) < 4.78 is 11.1. The molecule has 1 unspecified atom stereocenters. The van der Waals surface area contributed by atoms with Gasteiger partial charge in [0.1, 0.15) is 5.75 Å². The maximum Gasteiger partial charge on any atom is 0.138 e. The minimum Gasteiger partial charge on any atom is -0.489 e. The fourth-order valence-electron chi connectivity index (χ4n) is 2.07. The number of rotatable bonds is 3. The molecule has 1 fully saturated rings. The van der Waals surface area contributed by atoms with E-state index in [1.165, 1.54) is 0 Å². The third kappa shape index (κ3) is 2.96. The molecule has 2 N–H and O–H groups in total. The van der Waals surface area contributed by atoms with Crippen LogP contribution in [-0.2, 0) is 10.3 Å². The second-order valence-corrected chi connectivity index (χ2v) is 4.89. The van der Waals surface area contributed by atoms with Gasteiger partial charge in [-0.1, -0.05) is 0 Å². The molecule has 2 heterocycles. The van der Waals surface area contributed by atoms with Crippen LogP contribution in [0.5, 0.6) is 5.75 Å². The van der Waals surface area contributed by atoms with Gasteiger partial charge in [0.2, 0.25) is 0 Å². The average molecular weight is 236 g/mol. The number of nitrogens with two attached hydrogens (primary N) is 1. The lowest BCUT2D eigenvalue weighted by Crippen LogP contribution is -2.44. The van der Waals surface area contributed by atoms with Crippen LogP contribution in [-0.4, -0.2) is 24.3 Å². The maximum atomic E-state index is 6.36. The van der Waals surface area contributed by atoms with Crippen LogP contribution in [0.1, 0.15) is 32.3 Å². The molecule has 1 saturated heterocycles. The van der Waals surface area contributed by atoms with E-state index >= 15 is 0 Å². The Labute approximate surface area is 102 Å². The van der Waals surface area contributed by atoms with E-state index in [2.05, 4.69) is 4.98 Å². The minimum absolute atomic E-state index is 0.142. The SMILES string of the molecule is CC(C)Oc1cncc(C2(N)CCCOC2)c1. The van der Waals surface area contributed by atoms with E-state index in [0.717, 1.165) is 30.8 Å². The molecule has 0 bridgehead atoms. The lowest BCUT2D eigenvalue weighted by atomic mass is 9.87. The van der Waals surface area contributed by atoms with Crippen molar-refractivity contribution in [2.45, 2.75) is 38.3 Å². The van der Waals surface area contributed by atoms with Gasteiger partial charge in [0.25, 0.3) is 0 Å². The Bertz CT molecular complexity index is 373. The highest BCUT2D eigenvalue weighted by molar-refractivity contribution is 5.29. The summed E-state index contributed by atoms with van der Waals surface area (Å²) in [6.45, 7) is 5.34. The Kier molecular flexibility index (Phi) is 3.64. The molecule has 1 aliphatic heterocycles. The topological polar surface area (TPSA) is 57.4 Å². The zero-order valence-corrected chi connectivity index (χ0v) is 10.5. The number of ether oxygens (including phenoxy) is 2. The quantitative estimate of drug-likeness (QED) is 0.870. The molecule has 0 spiro atoms. The summed E-state index contributed by atoms with van der Waals surface area (Å²) in [5, 5.41) is 0. The molecule has 0 amide bonds. The van der Waals surface area contributed by atoms with Crippen LogP contribution in [0.25, 0.3) is 0 Å². The number of hydrogen-bond acceptors (Lipinski definition) is 4. The Morgan fingerprint density at radius 1 is 1.47 bits per heavy atom. The summed E-state index contributed by atoms with van der Waals surface area (Å²) in [5.74, 6) is 0.771. The molecule has 0 aliphatic carbocycles. The van der Waals surface area contributed by atoms with Crippen LogP contribution in [0.2, 0.25) is 0 Å². The number of hydrogen-bond donors (Lipinski definition) is 1. The third-order valence-electron chi connectivity index (χ3n) is 2.93. The third-order valence-corrected chi connectivity index (χ3v) is 2.93. The second-order valence-electron chi connectivity index (χ2n) is 4.89. The van der Waals surface area contributed by atoms with E-state index in [0.29, 0.717) is 6.61 Å². The van der Waals surface area contributed by atoms with Gasteiger partial charge in [0.15, 0.2) is 0 Å². The van der Waals surface area contributed by atoms with Gasteiger partial charge >= 0.3 is 0 Å². The van der Waals surface area contributed by atoms with Gasteiger partial charge in [-0.15, -0.1) is 0 Å². The molecule has 94 valence electrons. The smallest absolute Gasteiger partial charge is 0.138 e. The van der Waals surface area contributed by atoms with E-state index in [4.69, 9.17) is 15.2 Å². The predicted octanol–water partition coefficient (Wildman–Crippen LogP) is 1.83. The first kappa shape index (κ1) is 12.3. The molecule has 17 heavy (non-hydrogen) atoms. The first-order valence-electron chi connectivity index (χ1n) is 6.09. The van der Waals surface area contributed by atoms with Crippen molar-refractivity contribution in [1.82, 2.24) is 4.98 Å². The Balaban J connectivity index is 2.19. The van der Waals surface area contributed by atoms with Crippen molar-refractivity contribution in [3.63, 3.8) is 0 Å². The molecule has 1 aromatic heterocycles. The zero-order valence-electron chi connectivity index (χ0n) is 10.5. The predicted molar refractivity (Wildman–Crippen MR) is 65.9 cm³/mol. The van der Waals surface area contributed by atoms with Crippen molar-refractivity contribution in [2.75, 3.05) is 13.2 Å². The van der Waals surface area contributed by atoms with Crippen LogP contribution < -0.4 is 10.5 Å². The van der Waals surface area contributed by atoms with Gasteiger partial charge in [-0.2, -0.15) is 0 Å². The molecule has 1 aliphatic rings. The largest absolute Gasteiger partial charge is 0.489 e. The fourth-order valence-corrected chi connectivity index (χ4v) is 2.07. The molecule has 2 rings (SSSR count). The average Bonchev–Trinajstić information content (AvgIpc) is 2.29. The summed E-state index contributed by atoms with van der Waals surface area (Å²) in [5.41, 5.74) is 6.94. The Hall–Kier alpha value is -1.13. The van der Waals surface area contributed by atoms with Crippen molar-refractivity contribution >= 4 is 0 Å². The van der Waals surface area contributed by atoms with E-state index < -0.39 is 5.54 Å². The lowest BCUT2D eigenvalue weighted by Gasteiger charge is -2.33. The second kappa shape index (κ2) is 5.02. The number of nitrogens with zero attached hydrogens (tertiary/aromatic N) is 1. The van der Waals surface area contributed by atoms with E-state index in [1.54, 1.807) is 6.20 Å². The summed E-state index contributed by atoms with van der Waals surface area (Å²) in [6, 6.07) is 1.97. The Morgan fingerprint density at radius 3 is 2.94 bits per heavy atom. The Morgan fingerprint density at radius 2 is 2.29 bits per heavy atom. The van der Waals surface area contributed by atoms with Gasteiger partial charge < -0.3 is 15.2 Å². The summed E-state index contributed by atoms with van der Waals surface area (Å²) in [7, 11) is 0. The molecule has 1 atom stereocenters. The van der Waals surface area contributed by atoms with E-state index in [1.807, 2.05) is 26.1 Å². The van der Waals surface area contributed by atoms with Crippen LogP contribution in [0.3, 0.4) is 0 Å². The lowest BCUT2D eigenvalue weighted by molar-refractivity contribution is 0.0364. The minimum atomic E-state index is -0.415. The van der Waals surface area contributed by atoms with Crippen molar-refractivity contribution in [3.8, 4) is 5.75 Å². The molecular formula is C13H20N2O2. The zero-order chi connectivity index (χ0) is 12.3. The van der Waals surface area contributed by atoms with Crippen LogP contribution in [0.15, 0.2) is 18.5 Å². The van der Waals surface area contributed by atoms with Gasteiger partial charge in [0.05, 0.1) is 24.4 Å². The standard InChI is InChI=1S/C13H20N2O2/c1-10(2)17-12-6-11(7-15-8-12)13(14)4-3-5-16-9-13/h6-8,10H,3-5,9,14H2,1-2H3. The van der Waals surface area contributed by atoms with Gasteiger partial charge in [0, 0.05) is 12.8 Å². The van der Waals surface area contributed by atoms with Crippen LogP contribution >= 0.6 is 0 Å². The van der Waals surface area contributed by atoms with E-state index in [9.17, 15) is 0 Å². The monoisotopic (exact) mass is 236 g/mol. The van der Waals surface area contributed by atoms with Gasteiger partial charge in [-0.25, -0.2) is 0 Å². The highest BCUT2D eigenvalue weighted by Crippen LogP contribution is 2.29. The molecule has 1 aromatic rings. The highest BCUT2D eigenvalue weighted by atomic mass is 16.5. The first-order valence-corrected chi connectivity index (χ1v) is 6.09. The fraction of sp³-hybridized carbons (Fsp3) is 0.615. The van der Waals surface area contributed by atoms with Crippen molar-refractivity contribution in [1.29, 1.82) is 0 Å². The van der Waals surface area contributed by atoms with Crippen molar-refractivity contribution < 1.29 is 9.47 Å². The van der Waals surface area contributed by atoms with Gasteiger partial charge in [-0.3, -0.25) is 4.98 Å². The molecular weight excluding hydrogens is 216 g/mol. The number of aromatic nitrogens is 1. The number of pyridine rings is 1.